The van der Waals surface area contributed by atoms with Crippen LogP contribution in [0.1, 0.15) is 24.1 Å². The van der Waals surface area contributed by atoms with E-state index >= 15 is 0 Å². The van der Waals surface area contributed by atoms with Crippen molar-refractivity contribution in [1.82, 2.24) is 19.8 Å². The fourth-order valence-corrected chi connectivity index (χ4v) is 5.44. The quantitative estimate of drug-likeness (QED) is 0.417. The summed E-state index contributed by atoms with van der Waals surface area (Å²) in [6.45, 7) is 6.30. The zero-order chi connectivity index (χ0) is 29.6. The van der Waals surface area contributed by atoms with Crippen molar-refractivity contribution >= 4 is 17.3 Å². The van der Waals surface area contributed by atoms with E-state index in [-0.39, 0.29) is 23.1 Å². The van der Waals surface area contributed by atoms with Gasteiger partial charge >= 0.3 is 0 Å². The van der Waals surface area contributed by atoms with E-state index in [2.05, 4.69) is 48.9 Å². The van der Waals surface area contributed by atoms with Crippen LogP contribution in [0, 0.1) is 23.5 Å². The Labute approximate surface area is 245 Å². The summed E-state index contributed by atoms with van der Waals surface area (Å²) in [5.41, 5.74) is 1.59. The molecule has 2 saturated heterocycles. The van der Waals surface area contributed by atoms with Crippen molar-refractivity contribution in [3.05, 3.63) is 59.4 Å². The summed E-state index contributed by atoms with van der Waals surface area (Å²) in [7, 11) is 6.43. The van der Waals surface area contributed by atoms with E-state index in [9.17, 15) is 8.78 Å². The van der Waals surface area contributed by atoms with Gasteiger partial charge in [0.2, 0.25) is 5.95 Å². The van der Waals surface area contributed by atoms with Gasteiger partial charge in [-0.15, -0.1) is 0 Å². The normalized spacial score (nSPS) is 16.5. The lowest BCUT2D eigenvalue weighted by Gasteiger charge is -2.43. The zero-order valence-corrected chi connectivity index (χ0v) is 24.4. The van der Waals surface area contributed by atoms with Gasteiger partial charge < -0.3 is 29.3 Å². The number of hydrogen-bond donors (Lipinski definition) is 1. The molecule has 2 fully saturated rings. The van der Waals surface area contributed by atoms with Gasteiger partial charge in [0.15, 0.2) is 23.1 Å². The molecule has 1 aromatic heterocycles. The number of nitrogens with one attached hydrogen (secondary N) is 1. The van der Waals surface area contributed by atoms with Crippen LogP contribution in [-0.4, -0.2) is 93.5 Å². The van der Waals surface area contributed by atoms with Crippen molar-refractivity contribution < 1.29 is 23.0 Å². The minimum Gasteiger partial charge on any atom is -0.495 e. The smallest absolute Gasteiger partial charge is 0.228 e. The molecule has 3 heterocycles. The number of piperazine rings is 1. The minimum atomic E-state index is -0.911. The van der Waals surface area contributed by atoms with Crippen LogP contribution in [0.25, 0.3) is 0 Å². The number of likely N-dealkylation sites (tertiary alicyclic amines) is 1. The number of rotatable bonds is 7. The maximum absolute atomic E-state index is 14.7. The molecule has 5 rings (SSSR count). The van der Waals surface area contributed by atoms with Crippen molar-refractivity contribution in [1.29, 1.82) is 0 Å². The van der Waals surface area contributed by atoms with Crippen molar-refractivity contribution in [2.45, 2.75) is 18.9 Å². The molecule has 42 heavy (non-hydrogen) atoms. The fraction of sp³-hybridized carbons (Fsp3) is 0.419. The first-order valence-corrected chi connectivity index (χ1v) is 14.0. The number of benzene rings is 2. The highest BCUT2D eigenvalue weighted by molar-refractivity contribution is 5.67. The van der Waals surface area contributed by atoms with E-state index in [1.165, 1.54) is 46.3 Å². The van der Waals surface area contributed by atoms with E-state index in [1.807, 2.05) is 18.2 Å². The molecule has 222 valence electrons. The molecule has 1 N–H and O–H groups in total. The Bertz CT molecular complexity index is 1430. The molecule has 0 atom stereocenters. The molecule has 0 amide bonds. The van der Waals surface area contributed by atoms with E-state index in [0.29, 0.717) is 6.04 Å². The molecule has 3 aromatic rings. The minimum absolute atomic E-state index is 0.167. The van der Waals surface area contributed by atoms with Crippen LogP contribution in [0.2, 0.25) is 0 Å². The first-order chi connectivity index (χ1) is 20.4. The summed E-state index contributed by atoms with van der Waals surface area (Å²) in [5.74, 6) is 4.10. The van der Waals surface area contributed by atoms with Crippen molar-refractivity contribution in [3.63, 3.8) is 0 Å². The maximum atomic E-state index is 14.7. The second kappa shape index (κ2) is 13.2. The molecule has 11 heteroatoms. The van der Waals surface area contributed by atoms with Crippen LogP contribution in [0.5, 0.6) is 17.2 Å². The summed E-state index contributed by atoms with van der Waals surface area (Å²) in [5, 5.41) is 3.17. The van der Waals surface area contributed by atoms with Gasteiger partial charge in [0.1, 0.15) is 17.0 Å². The molecule has 0 saturated carbocycles. The molecule has 0 aliphatic carbocycles. The largest absolute Gasteiger partial charge is 0.495 e. The molecule has 2 aliphatic heterocycles. The molecule has 2 aromatic carbocycles. The van der Waals surface area contributed by atoms with Crippen LogP contribution in [-0.2, 0) is 0 Å². The number of anilines is 3. The Morgan fingerprint density at radius 1 is 0.833 bits per heavy atom. The number of ether oxygens (including phenoxy) is 3. The highest BCUT2D eigenvalue weighted by atomic mass is 19.1. The molecule has 2 aliphatic rings. The van der Waals surface area contributed by atoms with Gasteiger partial charge in [-0.25, -0.2) is 18.7 Å². The van der Waals surface area contributed by atoms with Gasteiger partial charge in [-0.3, -0.25) is 4.90 Å². The summed E-state index contributed by atoms with van der Waals surface area (Å²) >= 11 is 0. The summed E-state index contributed by atoms with van der Waals surface area (Å²) < 4.78 is 45.1. The van der Waals surface area contributed by atoms with Gasteiger partial charge in [0.05, 0.1) is 27.0 Å². The van der Waals surface area contributed by atoms with Gasteiger partial charge in [0, 0.05) is 56.2 Å². The molecule has 9 nitrogen and oxygen atoms in total. The molecule has 0 spiro atoms. The third-order valence-electron chi connectivity index (χ3n) is 7.84. The van der Waals surface area contributed by atoms with Crippen LogP contribution >= 0.6 is 0 Å². The Morgan fingerprint density at radius 3 is 2.14 bits per heavy atom. The summed E-state index contributed by atoms with van der Waals surface area (Å²) in [6.07, 6.45) is 3.99. The predicted molar refractivity (Wildman–Crippen MR) is 158 cm³/mol. The predicted octanol–water partition coefficient (Wildman–Crippen LogP) is 4.14. The molecular weight excluding hydrogens is 542 g/mol. The van der Waals surface area contributed by atoms with E-state index in [1.54, 1.807) is 13.2 Å². The van der Waals surface area contributed by atoms with Gasteiger partial charge in [-0.1, -0.05) is 5.92 Å². The SMILES string of the molecule is COc1cc(Nc2nccc(C#Cc3c(F)c(OC)cc(OC)c3F)n2)ccc1N1CCN(C2CCN(C)CC2)CC1. The number of nitrogens with zero attached hydrogens (tertiary/aromatic N) is 5. The highest BCUT2D eigenvalue weighted by Gasteiger charge is 2.27. The Morgan fingerprint density at radius 2 is 1.50 bits per heavy atom. The molecule has 0 radical (unpaired) electrons. The third kappa shape index (κ3) is 6.50. The van der Waals surface area contributed by atoms with E-state index in [0.717, 1.165) is 49.4 Å². The average Bonchev–Trinajstić information content (AvgIpc) is 3.02. The number of halogens is 2. The third-order valence-corrected chi connectivity index (χ3v) is 7.84. The van der Waals surface area contributed by atoms with Gasteiger partial charge in [0.25, 0.3) is 0 Å². The number of piperidine rings is 1. The summed E-state index contributed by atoms with van der Waals surface area (Å²) in [4.78, 5) is 16.1. The van der Waals surface area contributed by atoms with Crippen molar-refractivity contribution in [2.24, 2.45) is 0 Å². The standard InChI is InChI=1S/C31H36F2N6O3/c1-37-13-10-23(11-14-37)38-15-17-39(18-16-38)25-8-6-22(19-26(25)40-2)36-31-34-12-9-21(35-31)5-7-24-29(32)27(41-3)20-28(42-4)30(24)33/h6,8-9,12,19-20,23H,10-11,13-18H2,1-4H3,(H,34,35,36). The first kappa shape index (κ1) is 29.4. The van der Waals surface area contributed by atoms with E-state index < -0.39 is 17.2 Å². The topological polar surface area (TPSA) is 75.2 Å². The first-order valence-electron chi connectivity index (χ1n) is 14.0. The van der Waals surface area contributed by atoms with Gasteiger partial charge in [-0.2, -0.15) is 0 Å². The van der Waals surface area contributed by atoms with Crippen molar-refractivity contribution in [2.75, 3.05) is 77.9 Å². The molecular formula is C31H36F2N6O3. The zero-order valence-electron chi connectivity index (χ0n) is 24.4. The Balaban J connectivity index is 1.27. The van der Waals surface area contributed by atoms with Crippen LogP contribution < -0.4 is 24.4 Å². The van der Waals surface area contributed by atoms with Crippen LogP contribution in [0.3, 0.4) is 0 Å². The summed E-state index contributed by atoms with van der Waals surface area (Å²) in [6, 6.07) is 9.27. The lowest BCUT2D eigenvalue weighted by Crippen LogP contribution is -2.53. The number of hydrogen-bond acceptors (Lipinski definition) is 9. The molecule has 0 unspecified atom stereocenters. The number of methoxy groups -OCH3 is 3. The van der Waals surface area contributed by atoms with E-state index in [4.69, 9.17) is 14.2 Å². The average molecular weight is 579 g/mol. The lowest BCUT2D eigenvalue weighted by molar-refractivity contribution is 0.115. The van der Waals surface area contributed by atoms with Crippen LogP contribution in [0.15, 0.2) is 36.5 Å². The Kier molecular flexibility index (Phi) is 9.25. The Hall–Kier alpha value is -4.14. The maximum Gasteiger partial charge on any atom is 0.228 e. The fourth-order valence-electron chi connectivity index (χ4n) is 5.44. The van der Waals surface area contributed by atoms with Crippen LogP contribution in [0.4, 0.5) is 26.1 Å². The second-order valence-electron chi connectivity index (χ2n) is 10.4. The monoisotopic (exact) mass is 578 g/mol. The molecule has 0 bridgehead atoms. The number of aromatic nitrogens is 2. The second-order valence-corrected chi connectivity index (χ2v) is 10.4. The highest BCUT2D eigenvalue weighted by Crippen LogP contribution is 2.34. The van der Waals surface area contributed by atoms with Crippen molar-refractivity contribution in [3.8, 4) is 29.1 Å². The lowest BCUT2D eigenvalue weighted by atomic mass is 10.0. The van der Waals surface area contributed by atoms with Gasteiger partial charge in [-0.05, 0) is 57.1 Å².